The summed E-state index contributed by atoms with van der Waals surface area (Å²) in [6, 6.07) is 47.8. The van der Waals surface area contributed by atoms with Gasteiger partial charge in [0.1, 0.15) is 46.3 Å². The number of aryl methyl sites for hydroxylation is 3. The number of carbonyl (C=O) groups is 14. The summed E-state index contributed by atoms with van der Waals surface area (Å²) in [5, 5.41) is 4.32. The second-order valence-electron chi connectivity index (χ2n) is 27.1. The van der Waals surface area contributed by atoms with Crippen molar-refractivity contribution in [3.63, 3.8) is 0 Å². The maximum absolute atomic E-state index is 12.4. The fraction of sp³-hybridized carbons (Fsp3) is 0.479. The molecule has 21 nitrogen and oxygen atoms in total. The summed E-state index contributed by atoms with van der Waals surface area (Å²) in [4.78, 5) is 151. The van der Waals surface area contributed by atoms with Crippen LogP contribution in [0.5, 0.6) is 0 Å². The second-order valence-corrected chi connectivity index (χ2v) is 35.0. The molecule has 0 saturated heterocycles. The van der Waals surface area contributed by atoms with Gasteiger partial charge in [0, 0.05) is 64.3 Å². The molecule has 0 aliphatic heterocycles. The van der Waals surface area contributed by atoms with Crippen molar-refractivity contribution in [3.05, 3.63) is 185 Å². The largest absolute Gasteiger partial charge is 0.516 e. The van der Waals surface area contributed by atoms with Crippen LogP contribution in [-0.2, 0) is 100 Å². The van der Waals surface area contributed by atoms with E-state index in [1.165, 1.54) is 95.7 Å². The van der Waals surface area contributed by atoms with Crippen molar-refractivity contribution in [3.8, 4) is 0 Å². The van der Waals surface area contributed by atoms with E-state index < -0.39 is 40.1 Å². The van der Waals surface area contributed by atoms with Crippen LogP contribution in [-0.4, -0.2) is 122 Å². The van der Waals surface area contributed by atoms with Gasteiger partial charge in [-0.1, -0.05) is 226 Å². The second kappa shape index (κ2) is 77.5. The summed E-state index contributed by atoms with van der Waals surface area (Å²) in [5.41, 5.74) is 5.72. The van der Waals surface area contributed by atoms with E-state index in [1.54, 1.807) is 40.8 Å². The Morgan fingerprint density at radius 1 is 0.449 bits per heavy atom. The first-order valence-corrected chi connectivity index (χ1v) is 45.2. The summed E-state index contributed by atoms with van der Waals surface area (Å²) < 4.78 is 28.4. The number of hydrogen-bond acceptors (Lipinski definition) is 22. The highest BCUT2D eigenvalue weighted by atomic mass is 32.2. The van der Waals surface area contributed by atoms with Gasteiger partial charge in [-0.2, -0.15) is 0 Å². The van der Waals surface area contributed by atoms with Crippen LogP contribution < -0.4 is 15.9 Å². The maximum atomic E-state index is 12.4. The van der Waals surface area contributed by atoms with Crippen LogP contribution in [0.2, 0.25) is 18.1 Å². The summed E-state index contributed by atoms with van der Waals surface area (Å²) in [5.74, 6) is -1.93. The molecule has 6 aromatic rings. The smallest absolute Gasteiger partial charge is 0.338 e. The monoisotopic (exact) mass is 1700 g/mol. The number of ketones is 6. The molecule has 0 fully saturated rings. The van der Waals surface area contributed by atoms with Crippen LogP contribution in [0.25, 0.3) is 0 Å². The van der Waals surface area contributed by atoms with Gasteiger partial charge in [-0.15, -0.1) is 0 Å². The predicted octanol–water partition coefficient (Wildman–Crippen LogP) is 20.7. The summed E-state index contributed by atoms with van der Waals surface area (Å²) in [6.07, 6.45) is 10.4. The lowest BCUT2D eigenvalue weighted by molar-refractivity contribution is -0.159. The van der Waals surface area contributed by atoms with Gasteiger partial charge in [0.05, 0.1) is 31.3 Å². The third-order valence-corrected chi connectivity index (χ3v) is 21.8. The van der Waals surface area contributed by atoms with Gasteiger partial charge in [0.15, 0.2) is 0 Å². The molecular formula is C94H142NO20PSSi. The average molecular weight is 1700 g/mol. The number of carbonyl (C=O) groups excluding carboxylic acids is 14. The Morgan fingerprint density at radius 2 is 0.831 bits per heavy atom. The van der Waals surface area contributed by atoms with E-state index in [2.05, 4.69) is 156 Å². The van der Waals surface area contributed by atoms with Gasteiger partial charge < -0.3 is 47.3 Å². The zero-order valence-corrected chi connectivity index (χ0v) is 79.2. The molecule has 118 heavy (non-hydrogen) atoms. The number of rotatable bonds is 23. The molecule has 0 unspecified atom stereocenters. The Balaban J connectivity index is -0.000000240. The van der Waals surface area contributed by atoms with Gasteiger partial charge in [-0.05, 0) is 195 Å². The van der Waals surface area contributed by atoms with Crippen molar-refractivity contribution in [2.45, 2.75) is 280 Å². The van der Waals surface area contributed by atoms with Crippen molar-refractivity contribution in [2.75, 3.05) is 26.9 Å². The molecule has 6 rings (SSSR count). The average Bonchev–Trinajstić information content (AvgIpc) is 0.792. The Morgan fingerprint density at radius 3 is 1.13 bits per heavy atom. The van der Waals surface area contributed by atoms with Gasteiger partial charge >= 0.3 is 41.8 Å². The van der Waals surface area contributed by atoms with Crippen molar-refractivity contribution in [1.82, 2.24) is 4.98 Å². The van der Waals surface area contributed by atoms with Gasteiger partial charge in [0.25, 0.3) is 8.32 Å². The molecule has 0 aliphatic rings. The third kappa shape index (κ3) is 73.0. The zero-order valence-electron chi connectivity index (χ0n) is 76.5. The molecule has 0 saturated carbocycles. The molecule has 0 N–H and O–H groups in total. The standard InChI is InChI=1S/C22H21O2P.C15H24O2Si.C14H13NOS.C7H12O2.C6H12O3.2C5H8O3.2C4H8O.2C3H6O.2C3H8/c1-3-17-14-15-20(22(23)24-2)21(16-17)25(18-10-6-4-7-11-18)19-12-8-5-9-13-19;1-7-12-8-10-13(11-9-12)14(16)17-18(5,6)15(2,3)4;1-2-11-6-8-12(9-7-11)14(16)17-13-5-3-4-10-15-13;1-3-4-7(9)5-6(2)8;1-3-8-5-6(7)9-4-2;2*1-3-5(7)8-4(2)6;2*1-3-4(2)5;2*1-3(2)4;2*1-3-2/h4-16H,3H2,1-2H3;8-11H,7H2,1-6H3;3-10H,2H2,1H3;2*3-5H2,1-2H3;2*3H2,1-2H3;2*3H2,1-2H3;2*1-2H3;2*3H2,1-2H3. The number of Topliss-reactive ketones (excluding diaryl/α,β-unsaturated/α-hetero) is 6. The highest BCUT2D eigenvalue weighted by Crippen LogP contribution is 2.37. The van der Waals surface area contributed by atoms with Crippen LogP contribution in [0, 0.1) is 0 Å². The lowest BCUT2D eigenvalue weighted by atomic mass is 10.1. The maximum Gasteiger partial charge on any atom is 0.338 e. The molecule has 24 heteroatoms. The third-order valence-electron chi connectivity index (χ3n) is 14.1. The Bertz CT molecular complexity index is 3660. The highest BCUT2D eigenvalue weighted by Gasteiger charge is 2.40. The van der Waals surface area contributed by atoms with E-state index in [0.29, 0.717) is 43.6 Å². The number of methoxy groups -OCH3 is 1. The topological polar surface area (TPSA) is 307 Å². The van der Waals surface area contributed by atoms with E-state index in [9.17, 15) is 67.1 Å². The minimum Gasteiger partial charge on any atom is -0.516 e. The van der Waals surface area contributed by atoms with Crippen LogP contribution in [0.3, 0.4) is 0 Å². The number of ether oxygens (including phenoxy) is 5. The fourth-order valence-electron chi connectivity index (χ4n) is 7.10. The fourth-order valence-corrected chi connectivity index (χ4v) is 11.2. The number of hydrogen-bond donors (Lipinski definition) is 0. The van der Waals surface area contributed by atoms with E-state index in [0.717, 1.165) is 53.3 Å². The first-order chi connectivity index (χ1) is 55.3. The Hall–Kier alpha value is -9.41. The molecule has 0 radical (unpaired) electrons. The molecular weight excluding hydrogens is 1550 g/mol. The van der Waals surface area contributed by atoms with Crippen molar-refractivity contribution in [1.29, 1.82) is 0 Å². The molecule has 0 bridgehead atoms. The van der Waals surface area contributed by atoms with E-state index in [-0.39, 0.29) is 88.6 Å². The van der Waals surface area contributed by atoms with Crippen LogP contribution >= 0.6 is 19.7 Å². The van der Waals surface area contributed by atoms with Gasteiger partial charge in [0.2, 0.25) is 5.12 Å². The van der Waals surface area contributed by atoms with Crippen LogP contribution in [0.1, 0.15) is 286 Å². The van der Waals surface area contributed by atoms with Crippen molar-refractivity contribution < 1.29 is 95.2 Å². The van der Waals surface area contributed by atoms with Gasteiger partial charge in [-0.25, -0.2) is 19.4 Å². The Kier molecular flexibility index (Phi) is 80.0. The quantitative estimate of drug-likeness (QED) is 0.0144. The normalized spacial score (nSPS) is 9.51. The minimum atomic E-state index is -2.02. The first kappa shape index (κ1) is 122. The molecule has 658 valence electrons. The van der Waals surface area contributed by atoms with Crippen molar-refractivity contribution >= 4 is 126 Å². The molecule has 1 heterocycles. The zero-order chi connectivity index (χ0) is 92.4. The highest BCUT2D eigenvalue weighted by molar-refractivity contribution is 8.14. The summed E-state index contributed by atoms with van der Waals surface area (Å²) in [6.45, 7) is 52.1. The number of esters is 6. The number of pyridine rings is 1. The van der Waals surface area contributed by atoms with E-state index in [4.69, 9.17) is 13.9 Å². The summed E-state index contributed by atoms with van der Waals surface area (Å²) in [7, 11) is -1.41. The molecule has 0 spiro atoms. The first-order valence-electron chi connectivity index (χ1n) is 40.1. The number of thioether (sulfide) groups is 1. The van der Waals surface area contributed by atoms with Crippen LogP contribution in [0.4, 0.5) is 0 Å². The number of aromatic nitrogens is 1. The van der Waals surface area contributed by atoms with E-state index >= 15 is 0 Å². The minimum absolute atomic E-state index is 0.0337. The number of nitrogens with zero attached hydrogens (tertiary/aromatic N) is 1. The number of benzene rings is 5. The van der Waals surface area contributed by atoms with Crippen LogP contribution in [0.15, 0.2) is 157 Å². The lowest BCUT2D eigenvalue weighted by Crippen LogP contribution is -2.42. The van der Waals surface area contributed by atoms with Crippen molar-refractivity contribution in [2.24, 2.45) is 0 Å². The van der Waals surface area contributed by atoms with Gasteiger partial charge in [-0.3, -0.25) is 33.6 Å². The summed E-state index contributed by atoms with van der Waals surface area (Å²) >= 11 is 1.16. The predicted molar refractivity (Wildman–Crippen MR) is 484 cm³/mol. The van der Waals surface area contributed by atoms with E-state index in [1.807, 2.05) is 119 Å². The molecule has 1 aromatic heterocycles. The molecule has 0 amide bonds. The lowest BCUT2D eigenvalue weighted by Gasteiger charge is -2.35. The Labute approximate surface area is 714 Å². The molecule has 0 atom stereocenters. The molecule has 5 aromatic carbocycles. The molecule has 0 aliphatic carbocycles. The SMILES string of the molecule is CC(C)=O.CC(C)=O.CCC.CCC.CCC(=O)OC(C)=O.CCC(=O)OC(C)=O.CCC(C)=O.CCC(C)=O.CCCC(=O)CC(C)=O.CCOCC(=O)OCC.CCc1ccc(C(=O)OC)c(P(c2ccccc2)c2ccccc2)c1.CCc1ccc(C(=O)O[Si](C)(C)C(C)(C)C)cc1.CCc1ccc(C(=O)Sc2ccccn2)cc1.